The van der Waals surface area contributed by atoms with E-state index in [2.05, 4.69) is 6.58 Å². The number of halogens is 1. The van der Waals surface area contributed by atoms with Gasteiger partial charge in [-0.3, -0.25) is 4.79 Å². The summed E-state index contributed by atoms with van der Waals surface area (Å²) >= 11 is 5.81. The second-order valence-corrected chi connectivity index (χ2v) is 3.85. The van der Waals surface area contributed by atoms with E-state index < -0.39 is 0 Å². The minimum Gasteiger partial charge on any atom is -0.395 e. The average molecular weight is 243 g/mol. The Bertz CT molecular complexity index is 387. The van der Waals surface area contributed by atoms with Crippen molar-refractivity contribution in [1.82, 2.24) is 9.47 Å². The summed E-state index contributed by atoms with van der Waals surface area (Å²) in [6.45, 7) is 4.20. The van der Waals surface area contributed by atoms with Crippen molar-refractivity contribution in [2.24, 2.45) is 7.05 Å². The second kappa shape index (κ2) is 5.72. The third-order valence-electron chi connectivity index (χ3n) is 2.20. The summed E-state index contributed by atoms with van der Waals surface area (Å²) in [6.07, 6.45) is 3.29. The van der Waals surface area contributed by atoms with E-state index in [-0.39, 0.29) is 19.1 Å². The number of hydrogen-bond donors (Lipinski definition) is 1. The van der Waals surface area contributed by atoms with Crippen molar-refractivity contribution in [3.8, 4) is 0 Å². The lowest BCUT2D eigenvalue weighted by atomic mass is 10.3. The SMILES string of the molecule is C=CCN(CCO)C(=O)c1cc(Cl)cn1C. The molecule has 5 heteroatoms. The number of aliphatic hydroxyl groups excluding tert-OH is 1. The number of aliphatic hydroxyl groups is 1. The first kappa shape index (κ1) is 12.8. The van der Waals surface area contributed by atoms with E-state index in [4.69, 9.17) is 16.7 Å². The van der Waals surface area contributed by atoms with Gasteiger partial charge in [-0.2, -0.15) is 0 Å². The predicted molar refractivity (Wildman–Crippen MR) is 63.6 cm³/mol. The fraction of sp³-hybridized carbons (Fsp3) is 0.364. The summed E-state index contributed by atoms with van der Waals surface area (Å²) < 4.78 is 1.66. The van der Waals surface area contributed by atoms with Crippen LogP contribution in [0, 0.1) is 0 Å². The first-order valence-electron chi connectivity index (χ1n) is 4.93. The van der Waals surface area contributed by atoms with Crippen LogP contribution in [0.5, 0.6) is 0 Å². The third-order valence-corrected chi connectivity index (χ3v) is 2.40. The van der Waals surface area contributed by atoms with Gasteiger partial charge in [-0.25, -0.2) is 0 Å². The van der Waals surface area contributed by atoms with E-state index in [0.29, 0.717) is 17.3 Å². The van der Waals surface area contributed by atoms with Crippen LogP contribution in [0.25, 0.3) is 0 Å². The van der Waals surface area contributed by atoms with Gasteiger partial charge < -0.3 is 14.6 Å². The van der Waals surface area contributed by atoms with Crippen LogP contribution in [0.1, 0.15) is 10.5 Å². The van der Waals surface area contributed by atoms with E-state index in [1.54, 1.807) is 30.0 Å². The molecule has 16 heavy (non-hydrogen) atoms. The molecule has 1 N–H and O–H groups in total. The molecule has 1 aromatic heterocycles. The zero-order valence-electron chi connectivity index (χ0n) is 9.19. The maximum atomic E-state index is 12.0. The van der Waals surface area contributed by atoms with Crippen molar-refractivity contribution in [3.05, 3.63) is 35.6 Å². The molecule has 0 aliphatic carbocycles. The van der Waals surface area contributed by atoms with Gasteiger partial charge in [-0.15, -0.1) is 6.58 Å². The maximum Gasteiger partial charge on any atom is 0.270 e. The van der Waals surface area contributed by atoms with Crippen molar-refractivity contribution in [1.29, 1.82) is 0 Å². The van der Waals surface area contributed by atoms with Crippen molar-refractivity contribution in [2.45, 2.75) is 0 Å². The normalized spacial score (nSPS) is 10.2. The quantitative estimate of drug-likeness (QED) is 0.791. The molecule has 1 rings (SSSR count). The van der Waals surface area contributed by atoms with Crippen LogP contribution in [0.15, 0.2) is 24.9 Å². The Morgan fingerprint density at radius 1 is 1.75 bits per heavy atom. The van der Waals surface area contributed by atoms with E-state index in [1.165, 1.54) is 4.90 Å². The smallest absolute Gasteiger partial charge is 0.270 e. The summed E-state index contributed by atoms with van der Waals surface area (Å²) in [5, 5.41) is 9.39. The zero-order chi connectivity index (χ0) is 12.1. The number of carbonyl (C=O) groups excluding carboxylic acids is 1. The molecule has 0 aliphatic rings. The molecule has 1 aromatic rings. The number of aromatic nitrogens is 1. The first-order valence-corrected chi connectivity index (χ1v) is 5.30. The summed E-state index contributed by atoms with van der Waals surface area (Å²) in [7, 11) is 1.75. The monoisotopic (exact) mass is 242 g/mol. The fourth-order valence-corrected chi connectivity index (χ4v) is 1.70. The summed E-state index contributed by atoms with van der Waals surface area (Å²) in [5.74, 6) is -0.164. The van der Waals surface area contributed by atoms with Gasteiger partial charge in [0.25, 0.3) is 5.91 Å². The summed E-state index contributed by atoms with van der Waals surface area (Å²) in [4.78, 5) is 13.6. The molecule has 0 atom stereocenters. The lowest BCUT2D eigenvalue weighted by Crippen LogP contribution is -2.34. The predicted octanol–water partition coefficient (Wildman–Crippen LogP) is 1.30. The van der Waals surface area contributed by atoms with Gasteiger partial charge in [0.2, 0.25) is 0 Å². The van der Waals surface area contributed by atoms with E-state index in [0.717, 1.165) is 0 Å². The highest BCUT2D eigenvalue weighted by Crippen LogP contribution is 2.14. The molecule has 0 fully saturated rings. The lowest BCUT2D eigenvalue weighted by molar-refractivity contribution is 0.0733. The standard InChI is InChI=1S/C11H15ClN2O2/c1-3-4-14(5-6-15)11(16)10-7-9(12)8-13(10)2/h3,7-8,15H,1,4-6H2,2H3. The van der Waals surface area contributed by atoms with Crippen molar-refractivity contribution >= 4 is 17.5 Å². The minimum absolute atomic E-state index is 0.0717. The number of amides is 1. The van der Waals surface area contributed by atoms with Gasteiger partial charge in [0, 0.05) is 26.3 Å². The Balaban J connectivity index is 2.89. The maximum absolute atomic E-state index is 12.0. The molecule has 0 bridgehead atoms. The van der Waals surface area contributed by atoms with E-state index >= 15 is 0 Å². The second-order valence-electron chi connectivity index (χ2n) is 3.42. The highest BCUT2D eigenvalue weighted by atomic mass is 35.5. The molecule has 0 unspecified atom stereocenters. The molecule has 0 saturated carbocycles. The Morgan fingerprint density at radius 2 is 2.44 bits per heavy atom. The van der Waals surface area contributed by atoms with Crippen molar-refractivity contribution in [3.63, 3.8) is 0 Å². The molecule has 0 saturated heterocycles. The molecule has 0 spiro atoms. The van der Waals surface area contributed by atoms with Gasteiger partial charge in [0.15, 0.2) is 0 Å². The number of carbonyl (C=O) groups is 1. The molecule has 0 aliphatic heterocycles. The van der Waals surface area contributed by atoms with Crippen molar-refractivity contribution in [2.75, 3.05) is 19.7 Å². The Labute approximate surface area is 99.7 Å². The van der Waals surface area contributed by atoms with Gasteiger partial charge in [-0.05, 0) is 6.07 Å². The zero-order valence-corrected chi connectivity index (χ0v) is 9.94. The molecule has 4 nitrogen and oxygen atoms in total. The average Bonchev–Trinajstić information content (AvgIpc) is 2.56. The number of hydrogen-bond acceptors (Lipinski definition) is 2. The highest BCUT2D eigenvalue weighted by molar-refractivity contribution is 6.31. The molecule has 1 heterocycles. The molecule has 1 amide bonds. The topological polar surface area (TPSA) is 45.5 Å². The number of aryl methyl sites for hydroxylation is 1. The molecule has 0 radical (unpaired) electrons. The fourth-order valence-electron chi connectivity index (χ4n) is 1.45. The largest absolute Gasteiger partial charge is 0.395 e. The Hall–Kier alpha value is -1.26. The van der Waals surface area contributed by atoms with E-state index in [1.807, 2.05) is 0 Å². The number of rotatable bonds is 5. The lowest BCUT2D eigenvalue weighted by Gasteiger charge is -2.19. The van der Waals surface area contributed by atoms with Crippen LogP contribution in [0.3, 0.4) is 0 Å². The first-order chi connectivity index (χ1) is 7.60. The van der Waals surface area contributed by atoms with Gasteiger partial charge >= 0.3 is 0 Å². The van der Waals surface area contributed by atoms with Crippen LogP contribution >= 0.6 is 11.6 Å². The van der Waals surface area contributed by atoms with Crippen LogP contribution in [-0.4, -0.2) is 40.2 Å². The minimum atomic E-state index is -0.164. The van der Waals surface area contributed by atoms with Crippen LogP contribution in [0.2, 0.25) is 5.02 Å². The Morgan fingerprint density at radius 3 is 2.88 bits per heavy atom. The molecule has 88 valence electrons. The number of nitrogens with zero attached hydrogens (tertiary/aromatic N) is 2. The van der Waals surface area contributed by atoms with Crippen LogP contribution in [-0.2, 0) is 7.05 Å². The van der Waals surface area contributed by atoms with Gasteiger partial charge in [0.1, 0.15) is 5.69 Å². The summed E-state index contributed by atoms with van der Waals surface area (Å²) in [6, 6.07) is 1.61. The molecular weight excluding hydrogens is 228 g/mol. The van der Waals surface area contributed by atoms with Crippen molar-refractivity contribution < 1.29 is 9.90 Å². The third kappa shape index (κ3) is 2.87. The van der Waals surface area contributed by atoms with Crippen LogP contribution < -0.4 is 0 Å². The summed E-state index contributed by atoms with van der Waals surface area (Å²) in [5.41, 5.74) is 0.500. The van der Waals surface area contributed by atoms with Crippen LogP contribution in [0.4, 0.5) is 0 Å². The van der Waals surface area contributed by atoms with Gasteiger partial charge in [0.05, 0.1) is 11.6 Å². The highest BCUT2D eigenvalue weighted by Gasteiger charge is 2.17. The molecular formula is C11H15ClN2O2. The van der Waals surface area contributed by atoms with E-state index in [9.17, 15) is 4.79 Å². The van der Waals surface area contributed by atoms with Gasteiger partial charge in [-0.1, -0.05) is 17.7 Å². The Kier molecular flexibility index (Phi) is 4.58. The molecule has 0 aromatic carbocycles.